The minimum atomic E-state index is -0.0536. The lowest BCUT2D eigenvalue weighted by molar-refractivity contribution is -0.143. The normalized spacial score (nSPS) is 12.6. The van der Waals surface area contributed by atoms with Gasteiger partial charge in [0.05, 0.1) is 0 Å². The molecule has 0 radical (unpaired) electrons. The van der Waals surface area contributed by atoms with E-state index in [-0.39, 0.29) is 11.9 Å². The van der Waals surface area contributed by atoms with Crippen molar-refractivity contribution in [2.24, 2.45) is 0 Å². The largest absolute Gasteiger partial charge is 0.461 e. The third-order valence-electron chi connectivity index (χ3n) is 9.57. The fraction of sp³-hybridized carbons (Fsp3) is 0.860. The first-order valence-electron chi connectivity index (χ1n) is 20.9. The highest BCUT2D eigenvalue weighted by molar-refractivity contribution is 5.69. The Morgan fingerprint density at radius 1 is 0.490 bits per heavy atom. The maximum absolute atomic E-state index is 12.0. The van der Waals surface area contributed by atoms with Crippen LogP contribution < -0.4 is 0 Å². The van der Waals surface area contributed by atoms with Crippen molar-refractivity contribution in [3.63, 3.8) is 0 Å². The highest BCUT2D eigenvalue weighted by Gasteiger charge is 2.14. The first-order chi connectivity index (χ1) is 23.9. The molecule has 6 nitrogen and oxygen atoms in total. The van der Waals surface area contributed by atoms with Gasteiger partial charge in [-0.15, -0.1) is 0 Å². The van der Waals surface area contributed by atoms with E-state index in [4.69, 9.17) is 9.47 Å². The average Bonchev–Trinajstić information content (AvgIpc) is 3.08. The summed E-state index contributed by atoms with van der Waals surface area (Å²) >= 11 is 0. The minimum Gasteiger partial charge on any atom is -0.461 e. The molecular weight excluding hydrogens is 608 g/mol. The van der Waals surface area contributed by atoms with Crippen molar-refractivity contribution in [2.45, 2.75) is 193 Å². The summed E-state index contributed by atoms with van der Waals surface area (Å²) in [5, 5.41) is 0. The molecule has 49 heavy (non-hydrogen) atoms. The first-order valence-corrected chi connectivity index (χ1v) is 20.9. The monoisotopic (exact) mass is 691 g/mol. The summed E-state index contributed by atoms with van der Waals surface area (Å²) < 4.78 is 10.7. The minimum absolute atomic E-state index is 0.0535. The summed E-state index contributed by atoms with van der Waals surface area (Å²) in [7, 11) is 6.62. The zero-order valence-corrected chi connectivity index (χ0v) is 33.3. The number of ether oxygens (including phenoxy) is 2. The average molecular weight is 691 g/mol. The second kappa shape index (κ2) is 37.6. The van der Waals surface area contributed by atoms with Gasteiger partial charge in [0.1, 0.15) is 13.2 Å². The summed E-state index contributed by atoms with van der Waals surface area (Å²) in [5.74, 6) is -0.107. The van der Waals surface area contributed by atoms with E-state index in [1.165, 1.54) is 122 Å². The molecule has 1 atom stereocenters. The molecule has 0 saturated heterocycles. The van der Waals surface area contributed by atoms with Gasteiger partial charge in [-0.1, -0.05) is 147 Å². The lowest BCUT2D eigenvalue weighted by Crippen LogP contribution is -2.36. The molecule has 0 bridgehead atoms. The van der Waals surface area contributed by atoms with Crippen molar-refractivity contribution in [1.29, 1.82) is 0 Å². The number of unbranched alkanes of at least 4 members (excludes halogenated alkanes) is 19. The van der Waals surface area contributed by atoms with Gasteiger partial charge < -0.3 is 19.3 Å². The van der Waals surface area contributed by atoms with Gasteiger partial charge in [0, 0.05) is 32.0 Å². The number of hydrogen-bond acceptors (Lipinski definition) is 6. The molecular formula is C43H82N2O4. The van der Waals surface area contributed by atoms with Gasteiger partial charge in [-0.25, -0.2) is 0 Å². The summed E-state index contributed by atoms with van der Waals surface area (Å²) in [6, 6.07) is 0.654. The Morgan fingerprint density at radius 3 is 1.33 bits per heavy atom. The van der Waals surface area contributed by atoms with Gasteiger partial charge >= 0.3 is 11.9 Å². The van der Waals surface area contributed by atoms with Crippen LogP contribution in [-0.4, -0.2) is 75.2 Å². The van der Waals surface area contributed by atoms with E-state index < -0.39 is 0 Å². The number of hydrogen-bond donors (Lipinski definition) is 0. The summed E-state index contributed by atoms with van der Waals surface area (Å²) in [5.41, 5.74) is 0. The van der Waals surface area contributed by atoms with Gasteiger partial charge in [-0.2, -0.15) is 0 Å². The fourth-order valence-corrected chi connectivity index (χ4v) is 6.19. The lowest BCUT2D eigenvalue weighted by atomic mass is 9.99. The Kier molecular flexibility index (Phi) is 36.3. The Hall–Kier alpha value is -1.66. The molecule has 6 heteroatoms. The predicted octanol–water partition coefficient (Wildman–Crippen LogP) is 11.6. The van der Waals surface area contributed by atoms with Crippen LogP contribution in [0.3, 0.4) is 0 Å². The molecule has 0 aromatic rings. The van der Waals surface area contributed by atoms with E-state index in [0.717, 1.165) is 51.6 Å². The molecule has 0 rings (SSSR count). The Balaban J connectivity index is 3.95. The number of allylic oxidation sites excluding steroid dienone is 2. The topological polar surface area (TPSA) is 59.1 Å². The lowest BCUT2D eigenvalue weighted by Gasteiger charge is -2.29. The Bertz CT molecular complexity index is 782. The van der Waals surface area contributed by atoms with Crippen molar-refractivity contribution in [1.82, 2.24) is 9.80 Å². The molecule has 0 N–H and O–H groups in total. The van der Waals surface area contributed by atoms with E-state index >= 15 is 0 Å². The standard InChI is InChI=1S/C43H82N2O4/c1-6-8-10-12-14-19-26-32-40-49-43(47)36-30-24-20-22-28-34-41(45(5)38-37-44(3)4)33-27-21-16-15-17-23-29-35-42(46)48-39-31-25-18-13-11-9-7-2/h25-26,31-32,41H,6-24,27-30,33-40H2,1-5H3/b31-25+,32-26+. The van der Waals surface area contributed by atoms with Crippen molar-refractivity contribution < 1.29 is 19.1 Å². The van der Waals surface area contributed by atoms with Crippen LogP contribution in [0.1, 0.15) is 187 Å². The number of likely N-dealkylation sites (N-methyl/N-ethyl adjacent to an activating group) is 2. The fourth-order valence-electron chi connectivity index (χ4n) is 6.19. The van der Waals surface area contributed by atoms with Gasteiger partial charge in [0.25, 0.3) is 0 Å². The van der Waals surface area contributed by atoms with E-state index in [9.17, 15) is 9.59 Å². The van der Waals surface area contributed by atoms with Crippen molar-refractivity contribution in [3.8, 4) is 0 Å². The summed E-state index contributed by atoms with van der Waals surface area (Å²) in [4.78, 5) is 28.9. The smallest absolute Gasteiger partial charge is 0.306 e. The molecule has 0 heterocycles. The molecule has 0 amide bonds. The number of carbonyl (C=O) groups is 2. The maximum Gasteiger partial charge on any atom is 0.306 e. The molecule has 0 aromatic carbocycles. The number of carbonyl (C=O) groups excluding carboxylic acids is 2. The first kappa shape index (κ1) is 47.3. The van der Waals surface area contributed by atoms with Crippen LogP contribution in [0.15, 0.2) is 24.3 Å². The van der Waals surface area contributed by atoms with Crippen LogP contribution >= 0.6 is 0 Å². The van der Waals surface area contributed by atoms with Gasteiger partial charge in [0.15, 0.2) is 0 Å². The van der Waals surface area contributed by atoms with Crippen molar-refractivity contribution in [2.75, 3.05) is 47.4 Å². The highest BCUT2D eigenvalue weighted by Crippen LogP contribution is 2.18. The Labute approximate surface area is 305 Å². The maximum atomic E-state index is 12.0. The van der Waals surface area contributed by atoms with Crippen molar-refractivity contribution >= 4 is 11.9 Å². The van der Waals surface area contributed by atoms with Gasteiger partial charge in [-0.05, 0) is 72.5 Å². The quantitative estimate of drug-likeness (QED) is 0.0367. The van der Waals surface area contributed by atoms with E-state index in [1.807, 2.05) is 12.2 Å². The highest BCUT2D eigenvalue weighted by atomic mass is 16.5. The van der Waals surface area contributed by atoms with Crippen LogP contribution in [0.4, 0.5) is 0 Å². The molecule has 0 aliphatic rings. The van der Waals surface area contributed by atoms with Crippen LogP contribution in [0.5, 0.6) is 0 Å². The van der Waals surface area contributed by atoms with Gasteiger partial charge in [-0.3, -0.25) is 9.59 Å². The predicted molar refractivity (Wildman–Crippen MR) is 211 cm³/mol. The van der Waals surface area contributed by atoms with Crippen molar-refractivity contribution in [3.05, 3.63) is 24.3 Å². The molecule has 0 aliphatic carbocycles. The zero-order chi connectivity index (χ0) is 36.0. The number of rotatable bonds is 37. The zero-order valence-electron chi connectivity index (χ0n) is 33.3. The summed E-state index contributed by atoms with van der Waals surface area (Å²) in [6.07, 6.45) is 39.9. The third kappa shape index (κ3) is 36.0. The van der Waals surface area contributed by atoms with Crippen LogP contribution in [0.2, 0.25) is 0 Å². The SMILES string of the molecule is CCCCCC/C=C/COC(=O)CCCCCCCCCC(CCCCCCCC(=O)OC/C=C/CCCCCCC)N(C)CCN(C)C. The molecule has 0 spiro atoms. The van der Waals surface area contributed by atoms with Crippen LogP contribution in [0, 0.1) is 0 Å². The molecule has 288 valence electrons. The third-order valence-corrected chi connectivity index (χ3v) is 9.57. The molecule has 0 aromatic heterocycles. The number of esters is 2. The Morgan fingerprint density at radius 2 is 0.878 bits per heavy atom. The summed E-state index contributed by atoms with van der Waals surface area (Å²) in [6.45, 7) is 7.53. The number of nitrogens with zero attached hydrogens (tertiary/aromatic N) is 2. The molecule has 1 unspecified atom stereocenters. The second-order valence-electron chi connectivity index (χ2n) is 14.6. The molecule has 0 fully saturated rings. The van der Waals surface area contributed by atoms with E-state index in [0.29, 0.717) is 32.1 Å². The second-order valence-corrected chi connectivity index (χ2v) is 14.6. The molecule has 0 saturated carbocycles. The van der Waals surface area contributed by atoms with Crippen LogP contribution in [-0.2, 0) is 19.1 Å². The molecule has 0 aliphatic heterocycles. The van der Waals surface area contributed by atoms with Gasteiger partial charge in [0.2, 0.25) is 0 Å². The van der Waals surface area contributed by atoms with Crippen LogP contribution in [0.25, 0.3) is 0 Å². The van der Waals surface area contributed by atoms with E-state index in [1.54, 1.807) is 0 Å². The van der Waals surface area contributed by atoms with E-state index in [2.05, 4.69) is 56.9 Å².